The molecule has 0 spiro atoms. The number of fused-ring (bicyclic) bond motifs is 4. The van der Waals surface area contributed by atoms with Crippen LogP contribution in [0.25, 0.3) is 17.1 Å². The van der Waals surface area contributed by atoms with E-state index in [0.29, 0.717) is 12.0 Å². The van der Waals surface area contributed by atoms with Crippen LogP contribution in [-0.2, 0) is 16.1 Å². The molecule has 1 fully saturated rings. The molecule has 8 heteroatoms. The third-order valence-corrected chi connectivity index (χ3v) is 6.02. The van der Waals surface area contributed by atoms with E-state index in [1.165, 1.54) is 4.90 Å². The first-order valence-electron chi connectivity index (χ1n) is 8.23. The quantitative estimate of drug-likeness (QED) is 0.351. The van der Waals surface area contributed by atoms with Crippen LogP contribution in [0.15, 0.2) is 40.7 Å². The number of rotatable bonds is 2. The fourth-order valence-corrected chi connectivity index (χ4v) is 4.73. The topological polar surface area (TPSA) is 78.3 Å². The molecule has 6 nitrogen and oxygen atoms in total. The monoisotopic (exact) mass is 375 g/mol. The van der Waals surface area contributed by atoms with Crippen LogP contribution in [0.5, 0.6) is 0 Å². The van der Waals surface area contributed by atoms with E-state index in [-0.39, 0.29) is 47.2 Å². The molecule has 1 unspecified atom stereocenters. The Labute approximate surface area is 176 Å². The van der Waals surface area contributed by atoms with Crippen molar-refractivity contribution >= 4 is 40.7 Å². The number of β-lactam (4-membered cyclic amide) rings is 1. The van der Waals surface area contributed by atoms with Gasteiger partial charge in [0.1, 0.15) is 0 Å². The maximum Gasteiger partial charge on any atom is 1.00 e. The summed E-state index contributed by atoms with van der Waals surface area (Å²) in [6.07, 6.45) is 5.08. The molecule has 3 aliphatic heterocycles. The van der Waals surface area contributed by atoms with Crippen molar-refractivity contribution in [1.29, 1.82) is 0 Å². The molecule has 5 rings (SSSR count). The maximum absolute atomic E-state index is 12.3. The number of thioether (sulfide) groups is 1. The molecule has 0 aliphatic carbocycles. The van der Waals surface area contributed by atoms with Crippen molar-refractivity contribution in [3.8, 4) is 0 Å². The Hall–Kier alpha value is -1.54. The molecule has 2 aromatic rings. The second-order valence-electron chi connectivity index (χ2n) is 6.40. The molecule has 0 N–H and O–H groups in total. The minimum atomic E-state index is -1.29. The van der Waals surface area contributed by atoms with Crippen LogP contribution in [0.3, 0.4) is 0 Å². The van der Waals surface area contributed by atoms with Gasteiger partial charge in [0.25, 0.3) is 5.91 Å². The van der Waals surface area contributed by atoms with Gasteiger partial charge in [0.2, 0.25) is 0 Å². The SMILES string of the molecule is O=C([O-])C1=CCC2/C(=C\c3ccc4nc5n(c4c3)CCCS5)C(=O)N12.[Na+]. The number of carbonyl (C=O) groups is 2. The molecule has 1 amide bonds. The number of amides is 1. The summed E-state index contributed by atoms with van der Waals surface area (Å²) in [7, 11) is 0. The number of aromatic nitrogens is 2. The molecule has 1 aromatic heterocycles. The maximum atomic E-state index is 12.3. The first-order chi connectivity index (χ1) is 12.1. The van der Waals surface area contributed by atoms with Crippen LogP contribution in [0.2, 0.25) is 0 Å². The second-order valence-corrected chi connectivity index (χ2v) is 7.46. The molecule has 0 saturated carbocycles. The first-order valence-corrected chi connectivity index (χ1v) is 9.22. The van der Waals surface area contributed by atoms with Crippen molar-refractivity contribution in [2.24, 2.45) is 0 Å². The van der Waals surface area contributed by atoms with E-state index in [0.717, 1.165) is 40.5 Å². The number of carboxylic acid groups (broad SMARTS) is 1. The summed E-state index contributed by atoms with van der Waals surface area (Å²) >= 11 is 1.77. The summed E-state index contributed by atoms with van der Waals surface area (Å²) in [6.45, 7) is 0.965. The van der Waals surface area contributed by atoms with E-state index < -0.39 is 5.97 Å². The Balaban J connectivity index is 0.00000168. The summed E-state index contributed by atoms with van der Waals surface area (Å²) in [5, 5.41) is 12.1. The molecule has 3 aliphatic rings. The molecule has 1 aromatic carbocycles. The Morgan fingerprint density at radius 2 is 2.23 bits per heavy atom. The minimum absolute atomic E-state index is 0. The predicted octanol–water partition coefficient (Wildman–Crippen LogP) is -1.83. The number of nitrogens with zero attached hydrogens (tertiary/aromatic N) is 3. The van der Waals surface area contributed by atoms with Crippen LogP contribution in [0.4, 0.5) is 0 Å². The van der Waals surface area contributed by atoms with Gasteiger partial charge in [0.05, 0.1) is 28.7 Å². The Bertz CT molecular complexity index is 1010. The molecule has 1 saturated heterocycles. The number of benzene rings is 1. The van der Waals surface area contributed by atoms with Crippen molar-refractivity contribution in [2.75, 3.05) is 5.75 Å². The van der Waals surface area contributed by atoms with Gasteiger partial charge in [-0.15, -0.1) is 0 Å². The predicted molar refractivity (Wildman–Crippen MR) is 91.4 cm³/mol. The van der Waals surface area contributed by atoms with Crippen LogP contribution in [0.1, 0.15) is 18.4 Å². The molecule has 0 radical (unpaired) electrons. The Morgan fingerprint density at radius 1 is 1.38 bits per heavy atom. The average Bonchev–Trinajstić information content (AvgIpc) is 3.18. The molecule has 4 heterocycles. The number of hydrogen-bond donors (Lipinski definition) is 0. The third kappa shape index (κ3) is 2.57. The Morgan fingerprint density at radius 3 is 3.04 bits per heavy atom. The van der Waals surface area contributed by atoms with E-state index in [1.807, 2.05) is 18.2 Å². The van der Waals surface area contributed by atoms with E-state index in [2.05, 4.69) is 15.6 Å². The second kappa shape index (κ2) is 6.56. The summed E-state index contributed by atoms with van der Waals surface area (Å²) in [5.74, 6) is -0.441. The number of carboxylic acids is 1. The zero-order valence-corrected chi connectivity index (χ0v) is 17.1. The molecular weight excluding hydrogens is 361 g/mol. The summed E-state index contributed by atoms with van der Waals surface area (Å²) in [6, 6.07) is 5.82. The molecule has 126 valence electrons. The normalized spacial score (nSPS) is 22.5. The van der Waals surface area contributed by atoms with Crippen LogP contribution in [-0.4, -0.2) is 38.1 Å². The summed E-state index contributed by atoms with van der Waals surface area (Å²) < 4.78 is 2.23. The van der Waals surface area contributed by atoms with E-state index in [1.54, 1.807) is 17.8 Å². The number of aryl methyl sites for hydroxylation is 1. The number of imidazole rings is 1. The van der Waals surface area contributed by atoms with Gasteiger partial charge in [-0.1, -0.05) is 23.9 Å². The van der Waals surface area contributed by atoms with Gasteiger partial charge in [0, 0.05) is 17.9 Å². The molecule has 1 atom stereocenters. The number of carbonyl (C=O) groups excluding carboxylic acids is 2. The fraction of sp³-hybridized carbons (Fsp3) is 0.278. The summed E-state index contributed by atoms with van der Waals surface area (Å²) in [5.41, 5.74) is 3.63. The van der Waals surface area contributed by atoms with Gasteiger partial charge in [0.15, 0.2) is 5.16 Å². The third-order valence-electron chi connectivity index (χ3n) is 4.96. The minimum Gasteiger partial charge on any atom is -0.543 e. The van der Waals surface area contributed by atoms with E-state index in [9.17, 15) is 14.7 Å². The van der Waals surface area contributed by atoms with Crippen molar-refractivity contribution in [2.45, 2.75) is 30.6 Å². The molecule has 26 heavy (non-hydrogen) atoms. The van der Waals surface area contributed by atoms with Gasteiger partial charge in [-0.05, 0) is 36.6 Å². The first kappa shape index (κ1) is 17.9. The van der Waals surface area contributed by atoms with Crippen molar-refractivity contribution in [3.63, 3.8) is 0 Å². The summed E-state index contributed by atoms with van der Waals surface area (Å²) in [4.78, 5) is 29.3. The van der Waals surface area contributed by atoms with Crippen LogP contribution >= 0.6 is 11.8 Å². The Kier molecular flexibility index (Phi) is 4.51. The van der Waals surface area contributed by atoms with Crippen molar-refractivity contribution < 1.29 is 44.3 Å². The molecule has 0 bridgehead atoms. The van der Waals surface area contributed by atoms with E-state index >= 15 is 0 Å². The van der Waals surface area contributed by atoms with Gasteiger partial charge in [-0.2, -0.15) is 0 Å². The van der Waals surface area contributed by atoms with E-state index in [4.69, 9.17) is 0 Å². The fourth-order valence-electron chi connectivity index (χ4n) is 3.77. The van der Waals surface area contributed by atoms with Gasteiger partial charge in [-0.3, -0.25) is 9.69 Å². The van der Waals surface area contributed by atoms with Crippen LogP contribution < -0.4 is 34.7 Å². The van der Waals surface area contributed by atoms with Crippen molar-refractivity contribution in [1.82, 2.24) is 14.5 Å². The van der Waals surface area contributed by atoms with Crippen LogP contribution in [0, 0.1) is 0 Å². The number of hydrogen-bond acceptors (Lipinski definition) is 5. The zero-order valence-electron chi connectivity index (χ0n) is 14.3. The van der Waals surface area contributed by atoms with Crippen molar-refractivity contribution in [3.05, 3.63) is 41.1 Å². The van der Waals surface area contributed by atoms with Gasteiger partial charge in [-0.25, -0.2) is 4.98 Å². The number of aliphatic carboxylic acids is 1. The van der Waals surface area contributed by atoms with Gasteiger partial charge >= 0.3 is 29.6 Å². The largest absolute Gasteiger partial charge is 1.00 e. The van der Waals surface area contributed by atoms with Gasteiger partial charge < -0.3 is 14.5 Å². The zero-order chi connectivity index (χ0) is 17.1. The smallest absolute Gasteiger partial charge is 0.543 e. The molecular formula is C18H14N3NaO3S. The average molecular weight is 375 g/mol. The standard InChI is InChI=1S/C18H15N3O3S.Na/c22-16-11(13-4-5-14(17(23)24)21(13)16)8-10-2-3-12-15(9-10)20-6-1-7-25-18(20)19-12;/h2-3,5,8-9,13H,1,4,6-7H2,(H,23,24);/q;+1/p-1/b11-8+;.